The molecular weight excluding hydrogens is 424 g/mol. The van der Waals surface area contributed by atoms with Crippen LogP contribution >= 0.6 is 11.6 Å². The summed E-state index contributed by atoms with van der Waals surface area (Å²) in [6, 6.07) is 14.7. The molecule has 2 amide bonds. The second-order valence-corrected chi connectivity index (χ2v) is 8.90. The lowest BCUT2D eigenvalue weighted by atomic mass is 9.95. The summed E-state index contributed by atoms with van der Waals surface area (Å²) in [5, 5.41) is 3.64. The van der Waals surface area contributed by atoms with E-state index in [0.717, 1.165) is 36.8 Å². The number of carbonyl (C=O) groups excluding carboxylic acids is 2. The SMILES string of the molecule is CCC(C(=O)NC1CCCCC1)N(Cc1ccc(C)cc1)C(=O)COc1ccccc1Cl. The normalized spacial score (nSPS) is 15.1. The first-order valence-electron chi connectivity index (χ1n) is 11.5. The van der Waals surface area contributed by atoms with Crippen LogP contribution in [-0.4, -0.2) is 35.4 Å². The molecule has 0 saturated heterocycles. The van der Waals surface area contributed by atoms with Gasteiger partial charge < -0.3 is 15.0 Å². The quantitative estimate of drug-likeness (QED) is 0.558. The molecule has 1 saturated carbocycles. The number of rotatable bonds is 9. The van der Waals surface area contributed by atoms with E-state index in [0.29, 0.717) is 23.7 Å². The molecule has 2 aromatic carbocycles. The Hall–Kier alpha value is -2.53. The van der Waals surface area contributed by atoms with Gasteiger partial charge in [-0.25, -0.2) is 0 Å². The fourth-order valence-electron chi connectivity index (χ4n) is 4.14. The van der Waals surface area contributed by atoms with E-state index < -0.39 is 6.04 Å². The number of hydrogen-bond donors (Lipinski definition) is 1. The van der Waals surface area contributed by atoms with Gasteiger partial charge in [0.1, 0.15) is 11.8 Å². The van der Waals surface area contributed by atoms with Crippen LogP contribution in [0.5, 0.6) is 5.75 Å². The van der Waals surface area contributed by atoms with E-state index in [1.165, 1.54) is 6.42 Å². The second kappa shape index (κ2) is 11.9. The summed E-state index contributed by atoms with van der Waals surface area (Å²) in [4.78, 5) is 28.1. The van der Waals surface area contributed by atoms with Gasteiger partial charge in [0.25, 0.3) is 5.91 Å². The molecule has 1 N–H and O–H groups in total. The fourth-order valence-corrected chi connectivity index (χ4v) is 4.33. The molecule has 0 radical (unpaired) electrons. The number of para-hydroxylation sites is 1. The molecule has 1 atom stereocenters. The van der Waals surface area contributed by atoms with Crippen LogP contribution in [0.2, 0.25) is 5.02 Å². The zero-order chi connectivity index (χ0) is 22.9. The minimum atomic E-state index is -0.555. The van der Waals surface area contributed by atoms with Crippen LogP contribution in [0.25, 0.3) is 0 Å². The summed E-state index contributed by atoms with van der Waals surface area (Å²) < 4.78 is 5.71. The Balaban J connectivity index is 1.75. The summed E-state index contributed by atoms with van der Waals surface area (Å²) in [6.07, 6.45) is 6.04. The third-order valence-corrected chi connectivity index (χ3v) is 6.31. The maximum atomic E-state index is 13.3. The topological polar surface area (TPSA) is 58.6 Å². The molecule has 1 aliphatic carbocycles. The van der Waals surface area contributed by atoms with Gasteiger partial charge in [-0.15, -0.1) is 0 Å². The highest BCUT2D eigenvalue weighted by molar-refractivity contribution is 6.32. The number of carbonyl (C=O) groups is 2. The number of ether oxygens (including phenoxy) is 1. The van der Waals surface area contributed by atoms with Crippen molar-refractivity contribution in [3.05, 3.63) is 64.7 Å². The molecule has 0 spiro atoms. The third-order valence-electron chi connectivity index (χ3n) is 6.00. The number of hydrogen-bond acceptors (Lipinski definition) is 3. The molecule has 3 rings (SSSR count). The molecule has 1 fully saturated rings. The molecule has 32 heavy (non-hydrogen) atoms. The van der Waals surface area contributed by atoms with E-state index in [1.807, 2.05) is 50.2 Å². The molecule has 0 bridgehead atoms. The minimum Gasteiger partial charge on any atom is -0.482 e. The minimum absolute atomic E-state index is 0.0856. The van der Waals surface area contributed by atoms with Gasteiger partial charge in [0.05, 0.1) is 5.02 Å². The summed E-state index contributed by atoms with van der Waals surface area (Å²) in [5.41, 5.74) is 2.13. The van der Waals surface area contributed by atoms with E-state index in [4.69, 9.17) is 16.3 Å². The maximum Gasteiger partial charge on any atom is 0.261 e. The second-order valence-electron chi connectivity index (χ2n) is 8.49. The van der Waals surface area contributed by atoms with Gasteiger partial charge >= 0.3 is 0 Å². The lowest BCUT2D eigenvalue weighted by Crippen LogP contribution is -2.52. The van der Waals surface area contributed by atoms with Crippen LogP contribution in [0.15, 0.2) is 48.5 Å². The van der Waals surface area contributed by atoms with Crippen LogP contribution in [0, 0.1) is 6.92 Å². The lowest BCUT2D eigenvalue weighted by molar-refractivity contribution is -0.143. The van der Waals surface area contributed by atoms with Gasteiger partial charge in [-0.05, 0) is 43.9 Å². The van der Waals surface area contributed by atoms with Crippen molar-refractivity contribution in [1.29, 1.82) is 0 Å². The number of nitrogens with one attached hydrogen (secondary N) is 1. The van der Waals surface area contributed by atoms with E-state index in [9.17, 15) is 9.59 Å². The Labute approximate surface area is 196 Å². The first kappa shape index (κ1) is 24.1. The molecular formula is C26H33ClN2O3. The average Bonchev–Trinajstić information content (AvgIpc) is 2.80. The highest BCUT2D eigenvalue weighted by Crippen LogP contribution is 2.24. The molecule has 0 aliphatic heterocycles. The Kier molecular flexibility index (Phi) is 8.98. The predicted molar refractivity (Wildman–Crippen MR) is 128 cm³/mol. The summed E-state index contributed by atoms with van der Waals surface area (Å²) in [7, 11) is 0. The van der Waals surface area contributed by atoms with Crippen molar-refractivity contribution in [3.8, 4) is 5.75 Å². The van der Waals surface area contributed by atoms with Crippen LogP contribution in [-0.2, 0) is 16.1 Å². The summed E-state index contributed by atoms with van der Waals surface area (Å²) in [6.45, 7) is 4.14. The van der Waals surface area contributed by atoms with Crippen molar-refractivity contribution < 1.29 is 14.3 Å². The molecule has 6 heteroatoms. The number of benzene rings is 2. The largest absolute Gasteiger partial charge is 0.482 e. The Morgan fingerprint density at radius 3 is 2.44 bits per heavy atom. The predicted octanol–water partition coefficient (Wildman–Crippen LogP) is 5.28. The van der Waals surface area contributed by atoms with Crippen LogP contribution in [0.4, 0.5) is 0 Å². The van der Waals surface area contributed by atoms with Gasteiger partial charge in [-0.3, -0.25) is 9.59 Å². The Morgan fingerprint density at radius 1 is 1.09 bits per heavy atom. The van der Waals surface area contributed by atoms with Crippen molar-refractivity contribution in [3.63, 3.8) is 0 Å². The van der Waals surface area contributed by atoms with Crippen LogP contribution in [0.3, 0.4) is 0 Å². The number of halogens is 1. The molecule has 2 aromatic rings. The monoisotopic (exact) mass is 456 g/mol. The van der Waals surface area contributed by atoms with Gasteiger partial charge in [0.2, 0.25) is 5.91 Å². The molecule has 172 valence electrons. The van der Waals surface area contributed by atoms with Gasteiger partial charge in [-0.1, -0.05) is 79.7 Å². The highest BCUT2D eigenvalue weighted by Gasteiger charge is 2.30. The third kappa shape index (κ3) is 6.73. The van der Waals surface area contributed by atoms with Crippen molar-refractivity contribution in [2.45, 2.75) is 71.0 Å². The smallest absolute Gasteiger partial charge is 0.261 e. The maximum absolute atomic E-state index is 13.3. The van der Waals surface area contributed by atoms with Crippen molar-refractivity contribution in [1.82, 2.24) is 10.2 Å². The molecule has 1 unspecified atom stereocenters. The lowest BCUT2D eigenvalue weighted by Gasteiger charge is -2.32. The molecule has 0 heterocycles. The zero-order valence-corrected chi connectivity index (χ0v) is 19.7. The van der Waals surface area contributed by atoms with E-state index in [-0.39, 0.29) is 24.5 Å². The van der Waals surface area contributed by atoms with Crippen LogP contribution in [0.1, 0.15) is 56.6 Å². The fraction of sp³-hybridized carbons (Fsp3) is 0.462. The standard InChI is InChI=1S/C26H33ClN2O3/c1-3-23(26(31)28-21-9-5-4-6-10-21)29(17-20-15-13-19(2)14-16-20)25(30)18-32-24-12-8-7-11-22(24)27/h7-8,11-16,21,23H,3-6,9-10,17-18H2,1-2H3,(H,28,31). The summed E-state index contributed by atoms with van der Waals surface area (Å²) >= 11 is 6.17. The van der Waals surface area contributed by atoms with Crippen molar-refractivity contribution >= 4 is 23.4 Å². The van der Waals surface area contributed by atoms with E-state index in [2.05, 4.69) is 5.32 Å². The number of nitrogens with zero attached hydrogens (tertiary/aromatic N) is 1. The van der Waals surface area contributed by atoms with Crippen molar-refractivity contribution in [2.24, 2.45) is 0 Å². The van der Waals surface area contributed by atoms with Crippen molar-refractivity contribution in [2.75, 3.05) is 6.61 Å². The van der Waals surface area contributed by atoms with Crippen LogP contribution < -0.4 is 10.1 Å². The first-order chi connectivity index (χ1) is 15.5. The first-order valence-corrected chi connectivity index (χ1v) is 11.9. The summed E-state index contributed by atoms with van der Waals surface area (Å²) in [5.74, 6) is 0.131. The molecule has 0 aromatic heterocycles. The highest BCUT2D eigenvalue weighted by atomic mass is 35.5. The van der Waals surface area contributed by atoms with E-state index in [1.54, 1.807) is 17.0 Å². The van der Waals surface area contributed by atoms with E-state index >= 15 is 0 Å². The van der Waals surface area contributed by atoms with Gasteiger partial charge in [0, 0.05) is 12.6 Å². The molecule has 1 aliphatic rings. The number of amides is 2. The molecule has 5 nitrogen and oxygen atoms in total. The van der Waals surface area contributed by atoms with Gasteiger partial charge in [-0.2, -0.15) is 0 Å². The average molecular weight is 457 g/mol. The zero-order valence-electron chi connectivity index (χ0n) is 19.0. The van der Waals surface area contributed by atoms with Gasteiger partial charge in [0.15, 0.2) is 6.61 Å². The Bertz CT molecular complexity index is 894. The number of aryl methyl sites for hydroxylation is 1. The Morgan fingerprint density at radius 2 is 1.78 bits per heavy atom.